The van der Waals surface area contributed by atoms with Crippen LogP contribution in [0.2, 0.25) is 0 Å². The number of anilines is 1. The van der Waals surface area contributed by atoms with E-state index in [4.69, 9.17) is 9.84 Å². The van der Waals surface area contributed by atoms with Gasteiger partial charge in [-0.1, -0.05) is 0 Å². The summed E-state index contributed by atoms with van der Waals surface area (Å²) in [6, 6.07) is 0. The molecule has 0 spiro atoms. The lowest BCUT2D eigenvalue weighted by Gasteiger charge is -2.15. The SMILES string of the molecule is COCCN(C)CCNc1nc(C(=O)O)c(C)s1. The van der Waals surface area contributed by atoms with E-state index in [1.807, 2.05) is 7.05 Å². The van der Waals surface area contributed by atoms with Crippen molar-refractivity contribution in [3.8, 4) is 0 Å². The number of nitrogens with zero attached hydrogens (tertiary/aromatic N) is 2. The summed E-state index contributed by atoms with van der Waals surface area (Å²) in [5, 5.41) is 12.7. The minimum Gasteiger partial charge on any atom is -0.476 e. The molecule has 0 radical (unpaired) electrons. The zero-order valence-corrected chi connectivity index (χ0v) is 11.7. The highest BCUT2D eigenvalue weighted by Crippen LogP contribution is 2.21. The molecule has 0 saturated carbocycles. The Kier molecular flexibility index (Phi) is 6.03. The lowest BCUT2D eigenvalue weighted by molar-refractivity contribution is 0.0690. The molecule has 0 aromatic carbocycles. The number of carbonyl (C=O) groups is 1. The molecule has 6 nitrogen and oxygen atoms in total. The van der Waals surface area contributed by atoms with Crippen LogP contribution >= 0.6 is 11.3 Å². The van der Waals surface area contributed by atoms with Crippen molar-refractivity contribution in [3.63, 3.8) is 0 Å². The van der Waals surface area contributed by atoms with Crippen LogP contribution in [0.25, 0.3) is 0 Å². The number of aryl methyl sites for hydroxylation is 1. The number of carboxylic acids is 1. The molecule has 0 unspecified atom stereocenters. The first-order chi connectivity index (χ1) is 8.54. The molecule has 7 heteroatoms. The summed E-state index contributed by atoms with van der Waals surface area (Å²) in [4.78, 5) is 17.7. The van der Waals surface area contributed by atoms with E-state index in [0.29, 0.717) is 11.7 Å². The van der Waals surface area contributed by atoms with E-state index >= 15 is 0 Å². The van der Waals surface area contributed by atoms with Crippen molar-refractivity contribution in [1.29, 1.82) is 0 Å². The van der Waals surface area contributed by atoms with Crippen LogP contribution < -0.4 is 5.32 Å². The quantitative estimate of drug-likeness (QED) is 0.740. The molecule has 18 heavy (non-hydrogen) atoms. The number of methoxy groups -OCH3 is 1. The van der Waals surface area contributed by atoms with Crippen LogP contribution in [0.4, 0.5) is 5.13 Å². The molecule has 1 heterocycles. The van der Waals surface area contributed by atoms with Crippen molar-refractivity contribution in [2.24, 2.45) is 0 Å². The van der Waals surface area contributed by atoms with Crippen molar-refractivity contribution in [3.05, 3.63) is 10.6 Å². The normalized spacial score (nSPS) is 10.9. The second kappa shape index (κ2) is 7.30. The number of ether oxygens (including phenoxy) is 1. The number of aromatic carboxylic acids is 1. The molecular weight excluding hydrogens is 254 g/mol. The molecule has 1 rings (SSSR count). The minimum absolute atomic E-state index is 0.134. The van der Waals surface area contributed by atoms with Crippen molar-refractivity contribution in [2.45, 2.75) is 6.92 Å². The lowest BCUT2D eigenvalue weighted by Crippen LogP contribution is -2.28. The van der Waals surface area contributed by atoms with Gasteiger partial charge in [0, 0.05) is 31.6 Å². The van der Waals surface area contributed by atoms with Crippen LogP contribution in [0, 0.1) is 6.92 Å². The maximum atomic E-state index is 10.8. The highest BCUT2D eigenvalue weighted by atomic mass is 32.1. The molecule has 0 atom stereocenters. The molecule has 0 saturated heterocycles. The van der Waals surface area contributed by atoms with Crippen molar-refractivity contribution in [1.82, 2.24) is 9.88 Å². The number of thiazole rings is 1. The number of carboxylic acid groups (broad SMARTS) is 1. The Hall–Kier alpha value is -1.18. The average molecular weight is 273 g/mol. The molecule has 1 aromatic rings. The van der Waals surface area contributed by atoms with E-state index in [0.717, 1.165) is 24.5 Å². The zero-order valence-electron chi connectivity index (χ0n) is 10.9. The maximum Gasteiger partial charge on any atom is 0.355 e. The number of nitrogens with one attached hydrogen (secondary N) is 1. The summed E-state index contributed by atoms with van der Waals surface area (Å²) < 4.78 is 4.98. The summed E-state index contributed by atoms with van der Waals surface area (Å²) >= 11 is 1.37. The summed E-state index contributed by atoms with van der Waals surface area (Å²) in [5.41, 5.74) is 0.134. The molecule has 102 valence electrons. The van der Waals surface area contributed by atoms with Crippen molar-refractivity contribution in [2.75, 3.05) is 45.7 Å². The standard InChI is InChI=1S/C11H19N3O3S/c1-8-9(10(15)16)13-11(18-8)12-4-5-14(2)6-7-17-3/h4-7H2,1-3H3,(H,12,13)(H,15,16). The van der Waals surface area contributed by atoms with E-state index in [2.05, 4.69) is 15.2 Å². The van der Waals surface area contributed by atoms with E-state index in [1.54, 1.807) is 14.0 Å². The third kappa shape index (κ3) is 4.59. The van der Waals surface area contributed by atoms with E-state index in [1.165, 1.54) is 11.3 Å². The van der Waals surface area contributed by atoms with Crippen molar-refractivity contribution >= 4 is 22.4 Å². The fraction of sp³-hybridized carbons (Fsp3) is 0.636. The van der Waals surface area contributed by atoms with E-state index in [-0.39, 0.29) is 5.69 Å². The van der Waals surface area contributed by atoms with Crippen LogP contribution in [0.15, 0.2) is 0 Å². The predicted molar refractivity (Wildman–Crippen MR) is 71.7 cm³/mol. The minimum atomic E-state index is -0.978. The highest BCUT2D eigenvalue weighted by molar-refractivity contribution is 7.15. The smallest absolute Gasteiger partial charge is 0.355 e. The second-order valence-electron chi connectivity index (χ2n) is 3.95. The molecular formula is C11H19N3O3S. The van der Waals surface area contributed by atoms with Crippen LogP contribution in [-0.4, -0.2) is 61.4 Å². The Labute approximate surface area is 111 Å². The molecule has 0 aliphatic rings. The third-order valence-electron chi connectivity index (χ3n) is 2.45. The average Bonchev–Trinajstić information content (AvgIpc) is 2.68. The van der Waals surface area contributed by atoms with E-state index in [9.17, 15) is 4.79 Å². The summed E-state index contributed by atoms with van der Waals surface area (Å²) in [5.74, 6) is -0.978. The highest BCUT2D eigenvalue weighted by Gasteiger charge is 2.13. The van der Waals surface area contributed by atoms with Gasteiger partial charge in [0.25, 0.3) is 0 Å². The number of aromatic nitrogens is 1. The van der Waals surface area contributed by atoms with Gasteiger partial charge in [0.05, 0.1) is 6.61 Å². The van der Waals surface area contributed by atoms with Gasteiger partial charge in [0.15, 0.2) is 10.8 Å². The Morgan fingerprint density at radius 1 is 1.56 bits per heavy atom. The fourth-order valence-electron chi connectivity index (χ4n) is 1.38. The second-order valence-corrected chi connectivity index (χ2v) is 5.16. The van der Waals surface area contributed by atoms with Crippen LogP contribution in [0.3, 0.4) is 0 Å². The largest absolute Gasteiger partial charge is 0.476 e. The maximum absolute atomic E-state index is 10.8. The van der Waals surface area contributed by atoms with Gasteiger partial charge in [-0.2, -0.15) is 0 Å². The number of hydrogen-bond acceptors (Lipinski definition) is 6. The summed E-state index contributed by atoms with van der Waals surface area (Å²) in [7, 11) is 3.69. The first kappa shape index (κ1) is 14.9. The van der Waals surface area contributed by atoms with Gasteiger partial charge in [0.1, 0.15) is 0 Å². The molecule has 0 aliphatic heterocycles. The Bertz CT molecular complexity index is 395. The summed E-state index contributed by atoms with van der Waals surface area (Å²) in [6.45, 7) is 4.92. The van der Waals surface area contributed by atoms with Gasteiger partial charge in [-0.25, -0.2) is 9.78 Å². The Morgan fingerprint density at radius 2 is 2.28 bits per heavy atom. The van der Waals surface area contributed by atoms with Crippen LogP contribution in [-0.2, 0) is 4.74 Å². The predicted octanol–water partition coefficient (Wildman–Crippen LogP) is 1.14. The van der Waals surface area contributed by atoms with Crippen LogP contribution in [0.5, 0.6) is 0 Å². The molecule has 0 amide bonds. The molecule has 0 aliphatic carbocycles. The lowest BCUT2D eigenvalue weighted by atomic mass is 10.4. The number of rotatable bonds is 8. The van der Waals surface area contributed by atoms with Crippen molar-refractivity contribution < 1.29 is 14.6 Å². The van der Waals surface area contributed by atoms with Crippen LogP contribution in [0.1, 0.15) is 15.4 Å². The Morgan fingerprint density at radius 3 is 2.83 bits per heavy atom. The van der Waals surface area contributed by atoms with Gasteiger partial charge in [-0.05, 0) is 14.0 Å². The first-order valence-electron chi connectivity index (χ1n) is 5.66. The Balaban J connectivity index is 2.35. The number of likely N-dealkylation sites (N-methyl/N-ethyl adjacent to an activating group) is 1. The molecule has 1 aromatic heterocycles. The third-order valence-corrected chi connectivity index (χ3v) is 3.37. The van der Waals surface area contributed by atoms with Gasteiger partial charge >= 0.3 is 5.97 Å². The van der Waals surface area contributed by atoms with Gasteiger partial charge in [0.2, 0.25) is 0 Å². The number of hydrogen-bond donors (Lipinski definition) is 2. The zero-order chi connectivity index (χ0) is 13.5. The topological polar surface area (TPSA) is 74.7 Å². The monoisotopic (exact) mass is 273 g/mol. The first-order valence-corrected chi connectivity index (χ1v) is 6.48. The summed E-state index contributed by atoms with van der Waals surface area (Å²) in [6.07, 6.45) is 0. The molecule has 0 bridgehead atoms. The van der Waals surface area contributed by atoms with E-state index < -0.39 is 5.97 Å². The van der Waals surface area contributed by atoms with Gasteiger partial charge in [-0.3, -0.25) is 0 Å². The fourth-order valence-corrected chi connectivity index (χ4v) is 2.21. The van der Waals surface area contributed by atoms with Gasteiger partial charge in [-0.15, -0.1) is 11.3 Å². The molecule has 2 N–H and O–H groups in total. The van der Waals surface area contributed by atoms with Gasteiger partial charge < -0.3 is 20.1 Å². The molecule has 0 fully saturated rings.